The van der Waals surface area contributed by atoms with Crippen LogP contribution in [0.2, 0.25) is 0 Å². The number of hydrogen-bond acceptors (Lipinski definition) is 5. The van der Waals surface area contributed by atoms with Crippen molar-refractivity contribution < 1.29 is 9.53 Å². The van der Waals surface area contributed by atoms with Crippen molar-refractivity contribution in [2.75, 3.05) is 7.11 Å². The molecule has 0 radical (unpaired) electrons. The van der Waals surface area contributed by atoms with E-state index in [1.54, 1.807) is 19.4 Å². The average Bonchev–Trinajstić information content (AvgIpc) is 3.31. The van der Waals surface area contributed by atoms with E-state index < -0.39 is 5.91 Å². The van der Waals surface area contributed by atoms with Gasteiger partial charge in [0.2, 0.25) is 5.88 Å². The summed E-state index contributed by atoms with van der Waals surface area (Å²) in [4.78, 5) is 16.3. The second kappa shape index (κ2) is 5.90. The number of pyridine rings is 1. The molecule has 0 saturated heterocycles. The summed E-state index contributed by atoms with van der Waals surface area (Å²) in [7, 11) is 1.61. The number of fused-ring (bicyclic) bond motifs is 1. The van der Waals surface area contributed by atoms with Crippen molar-refractivity contribution in [3.8, 4) is 17.1 Å². The molecule has 3 heterocycles. The van der Waals surface area contributed by atoms with Gasteiger partial charge in [0.1, 0.15) is 5.69 Å². The van der Waals surface area contributed by atoms with Crippen LogP contribution >= 0.6 is 11.3 Å². The minimum atomic E-state index is -0.420. The molecule has 3 aromatic rings. The van der Waals surface area contributed by atoms with Crippen LogP contribution in [0, 0.1) is 0 Å². The Morgan fingerprint density at radius 3 is 2.88 bits per heavy atom. The minimum Gasteiger partial charge on any atom is -0.480 e. The fraction of sp³-hybridized carbons (Fsp3) is 0.353. The first-order valence-corrected chi connectivity index (χ1v) is 8.87. The Morgan fingerprint density at radius 1 is 1.42 bits per heavy atom. The van der Waals surface area contributed by atoms with Crippen LogP contribution in [-0.2, 0) is 0 Å². The third-order valence-electron chi connectivity index (χ3n) is 4.57. The van der Waals surface area contributed by atoms with Gasteiger partial charge >= 0.3 is 0 Å². The molecule has 124 valence electrons. The summed E-state index contributed by atoms with van der Waals surface area (Å²) in [5.74, 6) is 0.134. The number of nitrogens with zero attached hydrogens (tertiary/aromatic N) is 3. The lowest BCUT2D eigenvalue weighted by atomic mass is 10.1. The minimum absolute atomic E-state index is 0.405. The molecule has 1 aliphatic rings. The van der Waals surface area contributed by atoms with Crippen molar-refractivity contribution >= 4 is 28.1 Å². The number of primary amides is 1. The van der Waals surface area contributed by atoms with Crippen LogP contribution in [0.15, 0.2) is 23.7 Å². The molecule has 7 heteroatoms. The van der Waals surface area contributed by atoms with E-state index in [1.807, 2.05) is 11.4 Å². The summed E-state index contributed by atoms with van der Waals surface area (Å²) in [6, 6.07) is 4.18. The normalized spacial score (nSPS) is 15.2. The lowest BCUT2D eigenvalue weighted by Crippen LogP contribution is -2.08. The van der Waals surface area contributed by atoms with Gasteiger partial charge in [0.25, 0.3) is 5.91 Å². The summed E-state index contributed by atoms with van der Waals surface area (Å²) >= 11 is 1.33. The first-order chi connectivity index (χ1) is 11.7. The van der Waals surface area contributed by atoms with Crippen molar-refractivity contribution in [2.45, 2.75) is 31.7 Å². The van der Waals surface area contributed by atoms with Gasteiger partial charge in [-0.2, -0.15) is 5.10 Å². The summed E-state index contributed by atoms with van der Waals surface area (Å²) in [6.07, 6.45) is 6.48. The number of carbonyl (C=O) groups excluding carboxylic acids is 1. The molecule has 0 unspecified atom stereocenters. The van der Waals surface area contributed by atoms with Gasteiger partial charge in [-0.3, -0.25) is 9.48 Å². The van der Waals surface area contributed by atoms with Crippen LogP contribution in [0.4, 0.5) is 0 Å². The molecule has 0 spiro atoms. The zero-order valence-electron chi connectivity index (χ0n) is 13.4. The fourth-order valence-electron chi connectivity index (χ4n) is 3.43. The molecule has 0 atom stereocenters. The molecular weight excluding hydrogens is 324 g/mol. The highest BCUT2D eigenvalue weighted by atomic mass is 32.1. The Morgan fingerprint density at radius 2 is 2.21 bits per heavy atom. The molecule has 2 N–H and O–H groups in total. The molecule has 1 fully saturated rings. The van der Waals surface area contributed by atoms with E-state index in [9.17, 15) is 4.79 Å². The van der Waals surface area contributed by atoms with Gasteiger partial charge < -0.3 is 10.5 Å². The van der Waals surface area contributed by atoms with Crippen LogP contribution in [0.5, 0.6) is 5.88 Å². The molecule has 1 aliphatic carbocycles. The van der Waals surface area contributed by atoms with E-state index in [0.29, 0.717) is 16.8 Å². The number of aromatic nitrogens is 3. The van der Waals surface area contributed by atoms with Gasteiger partial charge in [-0.25, -0.2) is 4.98 Å². The lowest BCUT2D eigenvalue weighted by Gasteiger charge is -2.11. The molecule has 0 bridgehead atoms. The number of amides is 1. The standard InChI is InChI=1S/C17H18N4O2S/c1-23-17-14-12(6-7-19-17)21(11-4-2-3-5-11)20-15(14)10-8-13(16(18)22)24-9-10/h6-9,11H,2-5H2,1H3,(H2,18,22). The summed E-state index contributed by atoms with van der Waals surface area (Å²) in [6.45, 7) is 0. The molecule has 24 heavy (non-hydrogen) atoms. The smallest absolute Gasteiger partial charge is 0.258 e. The quantitative estimate of drug-likeness (QED) is 0.788. The summed E-state index contributed by atoms with van der Waals surface area (Å²) in [5, 5.41) is 7.67. The van der Waals surface area contributed by atoms with Crippen LogP contribution in [0.25, 0.3) is 22.2 Å². The molecule has 1 amide bonds. The lowest BCUT2D eigenvalue weighted by molar-refractivity contribution is 0.100. The number of nitrogens with two attached hydrogens (primary N) is 1. The van der Waals surface area contributed by atoms with E-state index in [0.717, 1.165) is 35.0 Å². The third-order valence-corrected chi connectivity index (χ3v) is 5.51. The SMILES string of the molecule is COc1nccc2c1c(-c1csc(C(N)=O)c1)nn2C1CCCC1. The zero-order valence-corrected chi connectivity index (χ0v) is 14.2. The van der Waals surface area contributed by atoms with E-state index in [4.69, 9.17) is 15.6 Å². The number of methoxy groups -OCH3 is 1. The number of thiophene rings is 1. The molecular formula is C17H18N4O2S. The van der Waals surface area contributed by atoms with Crippen LogP contribution in [0.3, 0.4) is 0 Å². The highest BCUT2D eigenvalue weighted by molar-refractivity contribution is 7.12. The Kier molecular flexibility index (Phi) is 3.72. The topological polar surface area (TPSA) is 83.0 Å². The molecule has 1 saturated carbocycles. The van der Waals surface area contributed by atoms with Crippen molar-refractivity contribution in [1.29, 1.82) is 0 Å². The Bertz CT molecular complexity index is 909. The number of hydrogen-bond donors (Lipinski definition) is 1. The van der Waals surface area contributed by atoms with Gasteiger partial charge in [0.05, 0.1) is 28.9 Å². The van der Waals surface area contributed by atoms with Gasteiger partial charge in [-0.1, -0.05) is 12.8 Å². The molecule has 0 aliphatic heterocycles. The Labute approximate surface area is 143 Å². The van der Waals surface area contributed by atoms with E-state index >= 15 is 0 Å². The van der Waals surface area contributed by atoms with E-state index in [1.165, 1.54) is 24.2 Å². The zero-order chi connectivity index (χ0) is 16.7. The molecule has 6 nitrogen and oxygen atoms in total. The van der Waals surface area contributed by atoms with Crippen molar-refractivity contribution in [3.05, 3.63) is 28.6 Å². The van der Waals surface area contributed by atoms with Gasteiger partial charge in [0, 0.05) is 17.1 Å². The predicted molar refractivity (Wildman–Crippen MR) is 93.4 cm³/mol. The predicted octanol–water partition coefficient (Wildman–Crippen LogP) is 3.38. The number of rotatable bonds is 4. The monoisotopic (exact) mass is 342 g/mol. The van der Waals surface area contributed by atoms with Crippen LogP contribution in [-0.4, -0.2) is 27.8 Å². The first kappa shape index (κ1) is 15.1. The van der Waals surface area contributed by atoms with Gasteiger partial charge in [-0.15, -0.1) is 11.3 Å². The van der Waals surface area contributed by atoms with Crippen LogP contribution in [0.1, 0.15) is 41.4 Å². The maximum absolute atomic E-state index is 11.4. The molecule has 4 rings (SSSR count). The second-order valence-electron chi connectivity index (χ2n) is 6.01. The van der Waals surface area contributed by atoms with Crippen molar-refractivity contribution in [2.24, 2.45) is 5.73 Å². The summed E-state index contributed by atoms with van der Waals surface area (Å²) < 4.78 is 7.57. The maximum Gasteiger partial charge on any atom is 0.258 e. The summed E-state index contributed by atoms with van der Waals surface area (Å²) in [5.41, 5.74) is 8.08. The Balaban J connectivity index is 1.94. The second-order valence-corrected chi connectivity index (χ2v) is 6.92. The van der Waals surface area contributed by atoms with Crippen molar-refractivity contribution in [3.63, 3.8) is 0 Å². The van der Waals surface area contributed by atoms with Crippen molar-refractivity contribution in [1.82, 2.24) is 14.8 Å². The maximum atomic E-state index is 11.4. The first-order valence-electron chi connectivity index (χ1n) is 7.99. The largest absolute Gasteiger partial charge is 0.480 e. The van der Waals surface area contributed by atoms with Crippen LogP contribution < -0.4 is 10.5 Å². The van der Waals surface area contributed by atoms with Gasteiger partial charge in [-0.05, 0) is 25.0 Å². The van der Waals surface area contributed by atoms with E-state index in [2.05, 4.69) is 9.67 Å². The third kappa shape index (κ3) is 2.36. The highest BCUT2D eigenvalue weighted by Crippen LogP contribution is 2.39. The molecule has 3 aromatic heterocycles. The van der Waals surface area contributed by atoms with E-state index in [-0.39, 0.29) is 0 Å². The fourth-order valence-corrected chi connectivity index (χ4v) is 4.18. The highest BCUT2D eigenvalue weighted by Gasteiger charge is 2.25. The molecule has 0 aromatic carbocycles. The van der Waals surface area contributed by atoms with Gasteiger partial charge in [0.15, 0.2) is 0 Å². The number of ether oxygens (including phenoxy) is 1. The number of carbonyl (C=O) groups is 1. The Hall–Kier alpha value is -2.41. The average molecular weight is 342 g/mol.